The summed E-state index contributed by atoms with van der Waals surface area (Å²) in [7, 11) is 0. The van der Waals surface area contributed by atoms with Crippen LogP contribution in [0.4, 0.5) is 0 Å². The Morgan fingerprint density at radius 1 is 1.06 bits per heavy atom. The molecule has 0 unspecified atom stereocenters. The predicted octanol–water partition coefficient (Wildman–Crippen LogP) is 2.82. The van der Waals surface area contributed by atoms with E-state index in [0.29, 0.717) is 29.5 Å². The van der Waals surface area contributed by atoms with Crippen molar-refractivity contribution in [3.05, 3.63) is 0 Å². The van der Waals surface area contributed by atoms with E-state index in [0.717, 1.165) is 76.8 Å². The lowest BCUT2D eigenvalue weighted by atomic mass is 9.45. The molecule has 174 valence electrons. The number of rotatable bonds is 4. The minimum atomic E-state index is -0.0282. The third-order valence-electron chi connectivity index (χ3n) is 10.5. The molecule has 1 aliphatic heterocycles. The second-order valence-electron chi connectivity index (χ2n) is 11.8. The van der Waals surface area contributed by atoms with E-state index >= 15 is 0 Å². The van der Waals surface area contributed by atoms with Gasteiger partial charge in [-0.25, -0.2) is 0 Å². The summed E-state index contributed by atoms with van der Waals surface area (Å²) in [6.45, 7) is 9.31. The van der Waals surface area contributed by atoms with Crippen LogP contribution < -0.4 is 4.90 Å². The molecule has 0 aromatic heterocycles. The van der Waals surface area contributed by atoms with Gasteiger partial charge in [0.05, 0.1) is 26.2 Å². The topological polar surface area (TPSA) is 57.0 Å². The van der Waals surface area contributed by atoms with Crippen molar-refractivity contribution >= 4 is 11.8 Å². The fourth-order valence-electron chi connectivity index (χ4n) is 8.53. The normalized spacial score (nSPS) is 45.5. The van der Waals surface area contributed by atoms with Gasteiger partial charge in [-0.3, -0.25) is 9.59 Å². The number of carbonyl (C=O) groups excluding carboxylic acids is 2. The number of hydrogen-bond donors (Lipinski definition) is 1. The highest BCUT2D eigenvalue weighted by molar-refractivity contribution is 5.87. The van der Waals surface area contributed by atoms with E-state index in [9.17, 15) is 9.59 Å². The van der Waals surface area contributed by atoms with Crippen LogP contribution in [0.2, 0.25) is 0 Å². The second-order valence-corrected chi connectivity index (χ2v) is 11.8. The number of fused-ring (bicyclic) bond motifs is 5. The lowest BCUT2D eigenvalue weighted by molar-refractivity contribution is -0.907. The number of hydrogen-bond acceptors (Lipinski definition) is 4. The number of quaternary nitrogens is 1. The standard InChI is InChI=1S/C26H41NO4/c1-25-10-7-19(31-24(29)9-12-27-13-15-30-16-14-27)17-18(25)3-4-20-21-5-6-23(28)26(21,2)11-8-22(20)25/h18-22H,3-17H2,1-2H3/p+1/t18-,19-,20-,21+,22-,25-,26+/m1/s1. The van der Waals surface area contributed by atoms with Crippen molar-refractivity contribution in [1.82, 2.24) is 0 Å². The number of ether oxygens (including phenoxy) is 2. The zero-order valence-electron chi connectivity index (χ0n) is 19.6. The van der Waals surface area contributed by atoms with Gasteiger partial charge < -0.3 is 14.4 Å². The van der Waals surface area contributed by atoms with Crippen molar-refractivity contribution in [2.45, 2.75) is 84.2 Å². The quantitative estimate of drug-likeness (QED) is 0.694. The maximum Gasteiger partial charge on any atom is 0.311 e. The summed E-state index contributed by atoms with van der Waals surface area (Å²) >= 11 is 0. The van der Waals surface area contributed by atoms with Crippen molar-refractivity contribution in [1.29, 1.82) is 0 Å². The second kappa shape index (κ2) is 8.44. The lowest BCUT2D eigenvalue weighted by Crippen LogP contribution is -3.14. The Balaban J connectivity index is 1.17. The molecule has 1 saturated heterocycles. The lowest BCUT2D eigenvalue weighted by Gasteiger charge is -2.60. The van der Waals surface area contributed by atoms with Gasteiger partial charge in [0.2, 0.25) is 0 Å². The molecule has 5 nitrogen and oxygen atoms in total. The Morgan fingerprint density at radius 3 is 2.68 bits per heavy atom. The summed E-state index contributed by atoms with van der Waals surface area (Å²) in [5.74, 6) is 3.33. The summed E-state index contributed by atoms with van der Waals surface area (Å²) in [6.07, 6.45) is 10.7. The molecule has 0 bridgehead atoms. The van der Waals surface area contributed by atoms with Gasteiger partial charge in [-0.05, 0) is 80.5 Å². The fourth-order valence-corrected chi connectivity index (χ4v) is 8.53. The molecular formula is C26H42NO4+. The van der Waals surface area contributed by atoms with Crippen LogP contribution in [-0.2, 0) is 19.1 Å². The Bertz CT molecular complexity index is 704. The third-order valence-corrected chi connectivity index (χ3v) is 10.5. The van der Waals surface area contributed by atoms with Gasteiger partial charge in [0.1, 0.15) is 25.0 Å². The molecule has 0 aromatic rings. The van der Waals surface area contributed by atoms with Crippen molar-refractivity contribution in [2.75, 3.05) is 32.8 Å². The van der Waals surface area contributed by atoms with E-state index in [1.165, 1.54) is 30.6 Å². The number of Topliss-reactive ketones (excluding diaryl/α,β-unsaturated/α-hetero) is 1. The van der Waals surface area contributed by atoms with Crippen LogP contribution in [0.15, 0.2) is 0 Å². The Kier molecular flexibility index (Phi) is 5.96. The van der Waals surface area contributed by atoms with Crippen molar-refractivity contribution in [3.63, 3.8) is 0 Å². The molecule has 1 N–H and O–H groups in total. The first-order valence-electron chi connectivity index (χ1n) is 13.0. The molecule has 5 heteroatoms. The van der Waals surface area contributed by atoms with Crippen LogP contribution in [0, 0.1) is 34.5 Å². The maximum atomic E-state index is 12.6. The van der Waals surface area contributed by atoms with Gasteiger partial charge in [-0.1, -0.05) is 13.8 Å². The molecule has 5 fully saturated rings. The van der Waals surface area contributed by atoms with E-state index in [1.807, 2.05) is 0 Å². The Hall–Kier alpha value is -0.940. The molecule has 4 aliphatic carbocycles. The van der Waals surface area contributed by atoms with E-state index in [-0.39, 0.29) is 17.5 Å². The van der Waals surface area contributed by atoms with Crippen LogP contribution in [0.3, 0.4) is 0 Å². The van der Waals surface area contributed by atoms with Crippen LogP contribution in [0.5, 0.6) is 0 Å². The number of morpholine rings is 1. The van der Waals surface area contributed by atoms with E-state index < -0.39 is 0 Å². The number of carbonyl (C=O) groups is 2. The monoisotopic (exact) mass is 432 g/mol. The fraction of sp³-hybridized carbons (Fsp3) is 0.923. The Labute approximate surface area is 187 Å². The highest BCUT2D eigenvalue weighted by atomic mass is 16.5. The first-order chi connectivity index (χ1) is 14.9. The maximum absolute atomic E-state index is 12.6. The Morgan fingerprint density at radius 2 is 1.87 bits per heavy atom. The largest absolute Gasteiger partial charge is 0.462 e. The van der Waals surface area contributed by atoms with Crippen LogP contribution >= 0.6 is 0 Å². The van der Waals surface area contributed by atoms with Gasteiger partial charge in [-0.2, -0.15) is 0 Å². The van der Waals surface area contributed by atoms with Crippen LogP contribution in [0.25, 0.3) is 0 Å². The molecule has 0 aromatic carbocycles. The average Bonchev–Trinajstić information content (AvgIpc) is 3.08. The summed E-state index contributed by atoms with van der Waals surface area (Å²) in [6, 6.07) is 0. The van der Waals surface area contributed by atoms with Crippen LogP contribution in [0.1, 0.15) is 78.1 Å². The zero-order valence-corrected chi connectivity index (χ0v) is 19.6. The average molecular weight is 433 g/mol. The zero-order chi connectivity index (χ0) is 21.6. The van der Waals surface area contributed by atoms with Gasteiger partial charge in [0, 0.05) is 11.8 Å². The summed E-state index contributed by atoms with van der Waals surface area (Å²) in [5.41, 5.74) is 0.344. The van der Waals surface area contributed by atoms with Crippen molar-refractivity contribution < 1.29 is 24.0 Å². The van der Waals surface area contributed by atoms with Gasteiger partial charge in [-0.15, -0.1) is 0 Å². The molecule has 1 heterocycles. The summed E-state index contributed by atoms with van der Waals surface area (Å²) in [5, 5.41) is 0. The highest BCUT2D eigenvalue weighted by Gasteiger charge is 2.60. The number of ketones is 1. The minimum absolute atomic E-state index is 0.000758. The van der Waals surface area contributed by atoms with Crippen molar-refractivity contribution in [3.8, 4) is 0 Å². The van der Waals surface area contributed by atoms with Crippen LogP contribution in [-0.4, -0.2) is 50.7 Å². The van der Waals surface area contributed by atoms with Crippen molar-refractivity contribution in [2.24, 2.45) is 34.5 Å². The van der Waals surface area contributed by atoms with E-state index in [2.05, 4.69) is 13.8 Å². The molecular weight excluding hydrogens is 390 g/mol. The molecule has 5 aliphatic rings. The number of nitrogens with one attached hydrogen (secondary N) is 1. The molecule has 5 rings (SSSR count). The van der Waals surface area contributed by atoms with Gasteiger partial charge in [0.15, 0.2) is 0 Å². The first kappa shape index (κ1) is 21.9. The smallest absolute Gasteiger partial charge is 0.311 e. The predicted molar refractivity (Wildman–Crippen MR) is 118 cm³/mol. The molecule has 4 saturated carbocycles. The first-order valence-corrected chi connectivity index (χ1v) is 13.0. The van der Waals surface area contributed by atoms with E-state index in [4.69, 9.17) is 9.47 Å². The SMILES string of the molecule is C[C@@]12CC[C@@H](OC(=O)CC[NH+]3CCOCC3)C[C@H]1CC[C@H]1[C@H]2CC[C@]2(C)C(=O)CC[C@@H]12. The minimum Gasteiger partial charge on any atom is -0.462 e. The highest BCUT2D eigenvalue weighted by Crippen LogP contribution is 2.65. The molecule has 7 atom stereocenters. The summed E-state index contributed by atoms with van der Waals surface area (Å²) in [4.78, 5) is 26.6. The molecule has 0 radical (unpaired) electrons. The van der Waals surface area contributed by atoms with Gasteiger partial charge >= 0.3 is 5.97 Å². The summed E-state index contributed by atoms with van der Waals surface area (Å²) < 4.78 is 11.4. The molecule has 0 amide bonds. The molecule has 31 heavy (non-hydrogen) atoms. The van der Waals surface area contributed by atoms with E-state index in [1.54, 1.807) is 0 Å². The number of esters is 1. The third kappa shape index (κ3) is 3.88. The molecule has 0 spiro atoms. The van der Waals surface area contributed by atoms with Gasteiger partial charge in [0.25, 0.3) is 0 Å².